The summed E-state index contributed by atoms with van der Waals surface area (Å²) in [4.78, 5) is 41.4. The van der Waals surface area contributed by atoms with Crippen LogP contribution >= 0.6 is 11.3 Å². The number of hydrogen-bond acceptors (Lipinski definition) is 6. The monoisotopic (exact) mass is 516 g/mol. The number of carboxylic acids is 1. The number of carbonyl (C=O) groups excluding carboxylic acids is 2. The van der Waals surface area contributed by atoms with E-state index in [4.69, 9.17) is 4.74 Å². The predicted octanol–water partition coefficient (Wildman–Crippen LogP) is 5.83. The first-order valence-corrected chi connectivity index (χ1v) is 13.1. The highest BCUT2D eigenvalue weighted by atomic mass is 32.1. The lowest BCUT2D eigenvalue weighted by Crippen LogP contribution is -2.38. The van der Waals surface area contributed by atoms with E-state index in [0.29, 0.717) is 24.1 Å². The van der Waals surface area contributed by atoms with Gasteiger partial charge in [-0.3, -0.25) is 19.3 Å². The summed E-state index contributed by atoms with van der Waals surface area (Å²) >= 11 is 1.48. The molecule has 2 atom stereocenters. The number of nitrogens with one attached hydrogen (secondary N) is 1. The summed E-state index contributed by atoms with van der Waals surface area (Å²) in [6, 6.07) is 16.8. The largest absolute Gasteiger partial charge is 0.497 e. The van der Waals surface area contributed by atoms with Crippen molar-refractivity contribution < 1.29 is 24.2 Å². The molecule has 1 aliphatic carbocycles. The average molecular weight is 517 g/mol. The predicted molar refractivity (Wildman–Crippen MR) is 143 cm³/mol. The van der Waals surface area contributed by atoms with Gasteiger partial charge in [0.1, 0.15) is 11.8 Å². The van der Waals surface area contributed by atoms with Gasteiger partial charge in [-0.25, -0.2) is 0 Å². The molecule has 190 valence electrons. The highest BCUT2D eigenvalue weighted by molar-refractivity contribution is 7.10. The molecule has 0 spiro atoms. The molecule has 0 radical (unpaired) electrons. The molecule has 2 aliphatic rings. The third-order valence-corrected chi connectivity index (χ3v) is 7.88. The van der Waals surface area contributed by atoms with Crippen LogP contribution in [0.15, 0.2) is 71.2 Å². The minimum Gasteiger partial charge on any atom is -0.497 e. The quantitative estimate of drug-likeness (QED) is 0.428. The number of benzene rings is 2. The first-order chi connectivity index (χ1) is 17.9. The van der Waals surface area contributed by atoms with Gasteiger partial charge >= 0.3 is 5.97 Å². The van der Waals surface area contributed by atoms with Crippen LogP contribution in [0.3, 0.4) is 0 Å². The van der Waals surface area contributed by atoms with Crippen molar-refractivity contribution in [2.45, 2.75) is 44.6 Å². The first-order valence-electron chi connectivity index (χ1n) is 12.2. The summed E-state index contributed by atoms with van der Waals surface area (Å²) in [7, 11) is 1.62. The van der Waals surface area contributed by atoms with E-state index in [-0.39, 0.29) is 30.4 Å². The standard InChI is InChI=1S/C29H28N2O5S/c1-17-5-10-21-23(14-17)31(26(33)11-12-27(34)35)29(25-4-3-13-37-25)28-22(30-21)15-19(16-24(28)32)18-6-8-20(36-2)9-7-18/h3-10,13-14,19,29-30H,11-12,15-16H2,1-2H3,(H,34,35)/t19-,29+/m1/s1. The zero-order valence-corrected chi connectivity index (χ0v) is 21.5. The third kappa shape index (κ3) is 4.89. The normalized spacial score (nSPS) is 19.0. The number of methoxy groups -OCH3 is 1. The number of aryl methyl sites for hydroxylation is 1. The minimum absolute atomic E-state index is 0.0168. The van der Waals surface area contributed by atoms with Crippen LogP contribution in [0.2, 0.25) is 0 Å². The van der Waals surface area contributed by atoms with Gasteiger partial charge in [0.25, 0.3) is 0 Å². The van der Waals surface area contributed by atoms with Crippen LogP contribution in [-0.2, 0) is 14.4 Å². The van der Waals surface area contributed by atoms with Crippen LogP contribution in [0.4, 0.5) is 11.4 Å². The number of Topliss-reactive ketones (excluding diaryl/α,β-unsaturated/α-hetero) is 1. The third-order valence-electron chi connectivity index (χ3n) is 6.96. The number of ketones is 1. The Kier molecular flexibility index (Phi) is 6.84. The lowest BCUT2D eigenvalue weighted by atomic mass is 9.79. The molecule has 0 unspecified atom stereocenters. The highest BCUT2D eigenvalue weighted by Crippen LogP contribution is 2.48. The van der Waals surface area contributed by atoms with Gasteiger partial charge in [-0.15, -0.1) is 11.3 Å². The second-order valence-electron chi connectivity index (χ2n) is 9.41. The summed E-state index contributed by atoms with van der Waals surface area (Å²) in [5, 5.41) is 14.7. The van der Waals surface area contributed by atoms with Crippen LogP contribution in [0.5, 0.6) is 5.75 Å². The number of ether oxygens (including phenoxy) is 1. The van der Waals surface area contributed by atoms with E-state index in [1.165, 1.54) is 11.3 Å². The Balaban J connectivity index is 1.64. The van der Waals surface area contributed by atoms with Crippen molar-refractivity contribution >= 4 is 40.4 Å². The van der Waals surface area contributed by atoms with Crippen LogP contribution < -0.4 is 15.0 Å². The van der Waals surface area contributed by atoms with E-state index in [0.717, 1.165) is 33.1 Å². The van der Waals surface area contributed by atoms with Gasteiger partial charge in [0, 0.05) is 29.0 Å². The number of thiophene rings is 1. The molecule has 8 heteroatoms. The van der Waals surface area contributed by atoms with E-state index < -0.39 is 12.0 Å². The summed E-state index contributed by atoms with van der Waals surface area (Å²) in [5.74, 6) is -0.635. The van der Waals surface area contributed by atoms with Gasteiger partial charge in [0.05, 0.1) is 24.9 Å². The van der Waals surface area contributed by atoms with Crippen molar-refractivity contribution in [3.05, 3.63) is 87.3 Å². The summed E-state index contributed by atoms with van der Waals surface area (Å²) in [6.45, 7) is 1.95. The molecule has 5 rings (SSSR count). The molecule has 3 aromatic rings. The fourth-order valence-corrected chi connectivity index (χ4v) is 6.01. The van der Waals surface area contributed by atoms with E-state index in [1.54, 1.807) is 12.0 Å². The first kappa shape index (κ1) is 24.8. The van der Waals surface area contributed by atoms with Gasteiger partial charge in [0.2, 0.25) is 5.91 Å². The molecular formula is C29H28N2O5S. The van der Waals surface area contributed by atoms with Crippen LogP contribution in [0.1, 0.15) is 53.6 Å². The fourth-order valence-electron chi connectivity index (χ4n) is 5.18. The van der Waals surface area contributed by atoms with E-state index in [1.807, 2.05) is 66.9 Å². The number of nitrogens with zero attached hydrogens (tertiary/aromatic N) is 1. The Hall–Kier alpha value is -3.91. The zero-order chi connectivity index (χ0) is 26.1. The number of carboxylic acid groups (broad SMARTS) is 1. The number of anilines is 2. The van der Waals surface area contributed by atoms with Gasteiger partial charge in [0.15, 0.2) is 5.78 Å². The number of fused-ring (bicyclic) bond motifs is 1. The molecular weight excluding hydrogens is 488 g/mol. The highest BCUT2D eigenvalue weighted by Gasteiger charge is 2.42. The number of rotatable bonds is 6. The average Bonchev–Trinajstić information content (AvgIpc) is 3.37. The molecule has 1 amide bonds. The lowest BCUT2D eigenvalue weighted by molar-refractivity contribution is -0.138. The van der Waals surface area contributed by atoms with Crippen molar-refractivity contribution in [2.75, 3.05) is 17.3 Å². The van der Waals surface area contributed by atoms with Gasteiger partial charge < -0.3 is 15.2 Å². The Morgan fingerprint density at radius 2 is 1.89 bits per heavy atom. The minimum atomic E-state index is -1.03. The maximum atomic E-state index is 13.9. The lowest BCUT2D eigenvalue weighted by Gasteiger charge is -2.34. The number of amides is 1. The molecule has 0 bridgehead atoms. The Bertz CT molecular complexity index is 1380. The van der Waals surface area contributed by atoms with Gasteiger partial charge in [-0.05, 0) is 66.1 Å². The molecule has 2 aromatic carbocycles. The van der Waals surface area contributed by atoms with Gasteiger partial charge in [-0.1, -0.05) is 24.3 Å². The van der Waals surface area contributed by atoms with Crippen LogP contribution in [0, 0.1) is 6.92 Å². The molecule has 0 saturated heterocycles. The Morgan fingerprint density at radius 3 is 2.57 bits per heavy atom. The van der Waals surface area contributed by atoms with Crippen molar-refractivity contribution in [3.8, 4) is 5.75 Å². The molecule has 1 aliphatic heterocycles. The zero-order valence-electron chi connectivity index (χ0n) is 20.7. The number of hydrogen-bond donors (Lipinski definition) is 2. The number of allylic oxidation sites excluding steroid dienone is 1. The van der Waals surface area contributed by atoms with Gasteiger partial charge in [-0.2, -0.15) is 0 Å². The molecule has 2 heterocycles. The Morgan fingerprint density at radius 1 is 1.11 bits per heavy atom. The second-order valence-corrected chi connectivity index (χ2v) is 10.4. The van der Waals surface area contributed by atoms with E-state index >= 15 is 0 Å². The fraction of sp³-hybridized carbons (Fsp3) is 0.276. The van der Waals surface area contributed by atoms with Crippen molar-refractivity contribution in [1.82, 2.24) is 0 Å². The summed E-state index contributed by atoms with van der Waals surface area (Å²) in [6.07, 6.45) is 0.497. The SMILES string of the molecule is COc1ccc([C@H]2CC(=O)C3=C(C2)Nc2ccc(C)cc2N(C(=O)CCC(=O)O)[C@H]3c2cccs2)cc1. The Labute approximate surface area is 219 Å². The van der Waals surface area contributed by atoms with E-state index in [9.17, 15) is 19.5 Å². The topological polar surface area (TPSA) is 95.9 Å². The summed E-state index contributed by atoms with van der Waals surface area (Å²) < 4.78 is 5.29. The van der Waals surface area contributed by atoms with Crippen molar-refractivity contribution in [2.24, 2.45) is 0 Å². The molecule has 2 N–H and O–H groups in total. The maximum Gasteiger partial charge on any atom is 0.303 e. The number of carbonyl (C=O) groups is 3. The molecule has 7 nitrogen and oxygen atoms in total. The smallest absolute Gasteiger partial charge is 0.303 e. The number of aliphatic carboxylic acids is 1. The van der Waals surface area contributed by atoms with Crippen LogP contribution in [-0.4, -0.2) is 29.9 Å². The summed E-state index contributed by atoms with van der Waals surface area (Å²) in [5.41, 5.74) is 4.77. The molecule has 1 aromatic heterocycles. The maximum absolute atomic E-state index is 13.9. The molecule has 0 saturated carbocycles. The second kappa shape index (κ2) is 10.2. The molecule has 37 heavy (non-hydrogen) atoms. The van der Waals surface area contributed by atoms with E-state index in [2.05, 4.69) is 5.32 Å². The van der Waals surface area contributed by atoms with Crippen molar-refractivity contribution in [3.63, 3.8) is 0 Å². The van der Waals surface area contributed by atoms with Crippen molar-refractivity contribution in [1.29, 1.82) is 0 Å². The van der Waals surface area contributed by atoms with Crippen LogP contribution in [0.25, 0.3) is 0 Å². The molecule has 0 fully saturated rings.